The molecule has 0 aliphatic carbocycles. The maximum absolute atomic E-state index is 12.6. The van der Waals surface area contributed by atoms with Gasteiger partial charge in [0.25, 0.3) is 0 Å². The molecule has 1 fully saturated rings. The summed E-state index contributed by atoms with van der Waals surface area (Å²) in [6.07, 6.45) is 4.40. The molecular formula is C18H22BrN3O2S. The number of aromatic nitrogens is 1. The summed E-state index contributed by atoms with van der Waals surface area (Å²) in [5.41, 5.74) is 2.36. The zero-order valence-corrected chi connectivity index (χ0v) is 16.6. The van der Waals surface area contributed by atoms with Crippen LogP contribution in [0.1, 0.15) is 30.4 Å². The van der Waals surface area contributed by atoms with Crippen LogP contribution in [0.3, 0.4) is 0 Å². The fourth-order valence-electron chi connectivity index (χ4n) is 2.91. The molecule has 0 unspecified atom stereocenters. The number of hydrogen-bond donors (Lipinski definition) is 1. The van der Waals surface area contributed by atoms with E-state index < -0.39 is 10.0 Å². The Labute approximate surface area is 157 Å². The van der Waals surface area contributed by atoms with Gasteiger partial charge in [0.1, 0.15) is 10.7 Å². The maximum Gasteiger partial charge on any atom is 0.244 e. The zero-order chi connectivity index (χ0) is 17.9. The summed E-state index contributed by atoms with van der Waals surface area (Å²) in [6.45, 7) is 3.90. The number of halogens is 1. The summed E-state index contributed by atoms with van der Waals surface area (Å²) < 4.78 is 27.8. The summed E-state index contributed by atoms with van der Waals surface area (Å²) in [5, 5.41) is 3.25. The van der Waals surface area contributed by atoms with E-state index in [1.165, 1.54) is 17.3 Å². The van der Waals surface area contributed by atoms with Gasteiger partial charge >= 0.3 is 0 Å². The molecule has 0 spiro atoms. The van der Waals surface area contributed by atoms with Crippen LogP contribution in [0, 0.1) is 6.92 Å². The Morgan fingerprint density at radius 2 is 1.92 bits per heavy atom. The number of pyridine rings is 1. The minimum atomic E-state index is -3.42. The van der Waals surface area contributed by atoms with Crippen LogP contribution in [-0.4, -0.2) is 30.8 Å². The molecule has 1 aromatic carbocycles. The van der Waals surface area contributed by atoms with Crippen molar-refractivity contribution in [2.75, 3.05) is 18.4 Å². The lowest BCUT2D eigenvalue weighted by Crippen LogP contribution is -2.35. The standard InChI is InChI=1S/C18H22BrN3O2S/c1-14-5-6-16(19)11-15(14)12-20-18-8-7-17(13-21-18)25(23,24)22-9-3-2-4-10-22/h5-8,11,13H,2-4,9-10,12H2,1H3,(H,20,21). The van der Waals surface area contributed by atoms with Crippen molar-refractivity contribution >= 4 is 31.8 Å². The van der Waals surface area contributed by atoms with E-state index in [2.05, 4.69) is 45.3 Å². The molecule has 134 valence electrons. The van der Waals surface area contributed by atoms with Crippen molar-refractivity contribution in [1.29, 1.82) is 0 Å². The van der Waals surface area contributed by atoms with E-state index in [4.69, 9.17) is 0 Å². The Kier molecular flexibility index (Phi) is 5.76. The molecule has 1 saturated heterocycles. The molecule has 7 heteroatoms. The number of rotatable bonds is 5. The predicted octanol–water partition coefficient (Wildman–Crippen LogP) is 3.94. The molecule has 2 aromatic rings. The van der Waals surface area contributed by atoms with Crippen molar-refractivity contribution in [1.82, 2.24) is 9.29 Å². The highest BCUT2D eigenvalue weighted by molar-refractivity contribution is 9.10. The van der Waals surface area contributed by atoms with Gasteiger partial charge in [-0.1, -0.05) is 28.4 Å². The van der Waals surface area contributed by atoms with Crippen molar-refractivity contribution in [2.24, 2.45) is 0 Å². The van der Waals surface area contributed by atoms with Gasteiger partial charge in [0, 0.05) is 30.3 Å². The third-order valence-corrected chi connectivity index (χ3v) is 6.84. The second-order valence-electron chi connectivity index (χ2n) is 6.27. The highest BCUT2D eigenvalue weighted by Gasteiger charge is 2.26. The average molecular weight is 424 g/mol. The zero-order valence-electron chi connectivity index (χ0n) is 14.2. The quantitative estimate of drug-likeness (QED) is 0.790. The average Bonchev–Trinajstić information content (AvgIpc) is 2.63. The number of benzene rings is 1. The third-order valence-electron chi connectivity index (χ3n) is 4.46. The molecule has 1 aliphatic rings. The minimum Gasteiger partial charge on any atom is -0.366 e. The van der Waals surface area contributed by atoms with Crippen molar-refractivity contribution in [3.63, 3.8) is 0 Å². The molecule has 0 saturated carbocycles. The normalized spacial score (nSPS) is 15.9. The Hall–Kier alpha value is -1.44. The highest BCUT2D eigenvalue weighted by atomic mass is 79.9. The second-order valence-corrected chi connectivity index (χ2v) is 9.12. The molecule has 3 rings (SSSR count). The first kappa shape index (κ1) is 18.4. The van der Waals surface area contributed by atoms with Crippen molar-refractivity contribution < 1.29 is 8.42 Å². The van der Waals surface area contributed by atoms with Crippen molar-refractivity contribution in [3.05, 3.63) is 52.1 Å². The molecule has 2 heterocycles. The number of hydrogen-bond acceptors (Lipinski definition) is 4. The molecule has 5 nitrogen and oxygen atoms in total. The third kappa shape index (κ3) is 4.40. The Balaban J connectivity index is 1.68. The Morgan fingerprint density at radius 3 is 2.60 bits per heavy atom. The summed E-state index contributed by atoms with van der Waals surface area (Å²) in [7, 11) is -3.42. The minimum absolute atomic E-state index is 0.263. The van der Waals surface area contributed by atoms with Crippen LogP contribution in [-0.2, 0) is 16.6 Å². The molecule has 0 atom stereocenters. The second kappa shape index (κ2) is 7.85. The monoisotopic (exact) mass is 423 g/mol. The molecule has 0 radical (unpaired) electrons. The molecule has 1 aliphatic heterocycles. The fraction of sp³-hybridized carbons (Fsp3) is 0.389. The van der Waals surface area contributed by atoms with Crippen molar-refractivity contribution in [3.8, 4) is 0 Å². The lowest BCUT2D eigenvalue weighted by Gasteiger charge is -2.25. The van der Waals surface area contributed by atoms with Gasteiger partial charge in [0.05, 0.1) is 0 Å². The number of nitrogens with one attached hydrogen (secondary N) is 1. The van der Waals surface area contributed by atoms with E-state index >= 15 is 0 Å². The summed E-state index contributed by atoms with van der Waals surface area (Å²) in [5.74, 6) is 0.664. The number of nitrogens with zero attached hydrogens (tertiary/aromatic N) is 2. The first-order chi connectivity index (χ1) is 12.0. The van der Waals surface area contributed by atoms with Crippen LogP contribution in [0.5, 0.6) is 0 Å². The lowest BCUT2D eigenvalue weighted by molar-refractivity contribution is 0.346. The molecule has 1 aromatic heterocycles. The van der Waals surface area contributed by atoms with Gasteiger partial charge < -0.3 is 5.32 Å². The summed E-state index contributed by atoms with van der Waals surface area (Å²) >= 11 is 3.48. The SMILES string of the molecule is Cc1ccc(Br)cc1CNc1ccc(S(=O)(=O)N2CCCCC2)cn1. The molecule has 25 heavy (non-hydrogen) atoms. The van der Waals surface area contributed by atoms with Gasteiger partial charge in [-0.25, -0.2) is 13.4 Å². The van der Waals surface area contributed by atoms with E-state index in [0.29, 0.717) is 25.5 Å². The smallest absolute Gasteiger partial charge is 0.244 e. The fourth-order valence-corrected chi connectivity index (χ4v) is 4.78. The number of aryl methyl sites for hydroxylation is 1. The number of sulfonamides is 1. The lowest BCUT2D eigenvalue weighted by atomic mass is 10.1. The maximum atomic E-state index is 12.6. The van der Waals surface area contributed by atoms with Crippen LogP contribution >= 0.6 is 15.9 Å². The number of piperidine rings is 1. The van der Waals surface area contributed by atoms with Crippen LogP contribution in [0.25, 0.3) is 0 Å². The Bertz CT molecular complexity index is 832. The molecule has 0 amide bonds. The van der Waals surface area contributed by atoms with Crippen LogP contribution < -0.4 is 5.32 Å². The molecule has 1 N–H and O–H groups in total. The summed E-state index contributed by atoms with van der Waals surface area (Å²) in [6, 6.07) is 9.49. The van der Waals surface area contributed by atoms with E-state index in [1.54, 1.807) is 16.4 Å². The van der Waals surface area contributed by atoms with Crippen LogP contribution in [0.2, 0.25) is 0 Å². The largest absolute Gasteiger partial charge is 0.366 e. The highest BCUT2D eigenvalue weighted by Crippen LogP contribution is 2.21. The van der Waals surface area contributed by atoms with Gasteiger partial charge in [-0.15, -0.1) is 0 Å². The number of anilines is 1. The summed E-state index contributed by atoms with van der Waals surface area (Å²) in [4.78, 5) is 4.54. The first-order valence-electron chi connectivity index (χ1n) is 8.42. The van der Waals surface area contributed by atoms with Crippen LogP contribution in [0.4, 0.5) is 5.82 Å². The van der Waals surface area contributed by atoms with E-state index in [1.807, 2.05) is 6.07 Å². The van der Waals surface area contributed by atoms with Crippen LogP contribution in [0.15, 0.2) is 45.9 Å². The topological polar surface area (TPSA) is 62.3 Å². The molecular weight excluding hydrogens is 402 g/mol. The van der Waals surface area contributed by atoms with E-state index in [-0.39, 0.29) is 4.90 Å². The van der Waals surface area contributed by atoms with Gasteiger partial charge in [-0.3, -0.25) is 0 Å². The van der Waals surface area contributed by atoms with Crippen molar-refractivity contribution in [2.45, 2.75) is 37.6 Å². The van der Waals surface area contributed by atoms with Gasteiger partial charge in [-0.05, 0) is 55.2 Å². The molecule has 0 bridgehead atoms. The van der Waals surface area contributed by atoms with Gasteiger partial charge in [0.2, 0.25) is 10.0 Å². The predicted molar refractivity (Wildman–Crippen MR) is 103 cm³/mol. The van der Waals surface area contributed by atoms with E-state index in [0.717, 1.165) is 23.7 Å². The Morgan fingerprint density at radius 1 is 1.16 bits per heavy atom. The first-order valence-corrected chi connectivity index (χ1v) is 10.7. The van der Waals surface area contributed by atoms with Gasteiger partial charge in [-0.2, -0.15) is 4.31 Å². The van der Waals surface area contributed by atoms with E-state index in [9.17, 15) is 8.42 Å². The van der Waals surface area contributed by atoms with Gasteiger partial charge in [0.15, 0.2) is 0 Å².